The lowest BCUT2D eigenvalue weighted by atomic mass is 10.3. The molecule has 0 radical (unpaired) electrons. The summed E-state index contributed by atoms with van der Waals surface area (Å²) in [6.45, 7) is 8.70. The van der Waals surface area contributed by atoms with Crippen molar-refractivity contribution in [1.29, 1.82) is 0 Å². The van der Waals surface area contributed by atoms with Crippen molar-refractivity contribution in [1.82, 2.24) is 24.4 Å². The van der Waals surface area contributed by atoms with Crippen molar-refractivity contribution in [3.63, 3.8) is 0 Å². The third-order valence-corrected chi connectivity index (χ3v) is 4.85. The number of rotatable bonds is 8. The highest BCUT2D eigenvalue weighted by atomic mass is 32.2. The Labute approximate surface area is 123 Å². The molecule has 0 spiro atoms. The predicted molar refractivity (Wildman–Crippen MR) is 81.5 cm³/mol. The summed E-state index contributed by atoms with van der Waals surface area (Å²) in [6, 6.07) is 0.431. The summed E-state index contributed by atoms with van der Waals surface area (Å²) in [6.07, 6.45) is 0.804. The second kappa shape index (κ2) is 8.26. The highest BCUT2D eigenvalue weighted by Crippen LogP contribution is 2.01. The van der Waals surface area contributed by atoms with Crippen LogP contribution in [0.1, 0.15) is 20.3 Å². The van der Waals surface area contributed by atoms with E-state index in [0.29, 0.717) is 12.6 Å². The van der Waals surface area contributed by atoms with Crippen LogP contribution in [0.2, 0.25) is 0 Å². The van der Waals surface area contributed by atoms with Gasteiger partial charge in [-0.15, -0.1) is 4.83 Å². The molecular weight excluding hydrogens is 278 g/mol. The molecule has 1 aliphatic rings. The van der Waals surface area contributed by atoms with Crippen LogP contribution in [0.25, 0.3) is 0 Å². The first kappa shape index (κ1) is 17.8. The number of hydrazine groups is 1. The molecule has 1 saturated heterocycles. The van der Waals surface area contributed by atoms with Gasteiger partial charge >= 0.3 is 0 Å². The van der Waals surface area contributed by atoms with Gasteiger partial charge in [-0.1, -0.05) is 13.8 Å². The van der Waals surface area contributed by atoms with E-state index in [-0.39, 0.29) is 0 Å². The zero-order valence-corrected chi connectivity index (χ0v) is 13.9. The van der Waals surface area contributed by atoms with E-state index >= 15 is 0 Å². The molecule has 1 heterocycles. The lowest BCUT2D eigenvalue weighted by Gasteiger charge is -2.33. The van der Waals surface area contributed by atoms with E-state index in [1.807, 2.05) is 7.05 Å². The minimum atomic E-state index is -3.42. The molecule has 0 bridgehead atoms. The van der Waals surface area contributed by atoms with Crippen molar-refractivity contribution < 1.29 is 8.42 Å². The molecule has 1 rings (SSSR count). The number of piperazine rings is 1. The summed E-state index contributed by atoms with van der Waals surface area (Å²) >= 11 is 0. The van der Waals surface area contributed by atoms with Crippen LogP contribution in [-0.2, 0) is 10.2 Å². The molecule has 2 N–H and O–H groups in total. The third-order valence-electron chi connectivity index (χ3n) is 3.36. The first-order valence-electron chi connectivity index (χ1n) is 7.22. The second-order valence-electron chi connectivity index (χ2n) is 5.67. The maximum absolute atomic E-state index is 12.1. The van der Waals surface area contributed by atoms with Gasteiger partial charge in [0, 0.05) is 45.8 Å². The van der Waals surface area contributed by atoms with Crippen LogP contribution in [0.3, 0.4) is 0 Å². The maximum Gasteiger partial charge on any atom is 0.292 e. The molecule has 0 atom stereocenters. The predicted octanol–water partition coefficient (Wildman–Crippen LogP) is -0.697. The molecule has 0 amide bonds. The van der Waals surface area contributed by atoms with E-state index in [4.69, 9.17) is 0 Å². The number of nitrogens with zero attached hydrogens (tertiary/aromatic N) is 3. The summed E-state index contributed by atoms with van der Waals surface area (Å²) in [4.78, 5) is 4.84. The summed E-state index contributed by atoms with van der Waals surface area (Å²) < 4.78 is 25.7. The number of hydrogen-bond donors (Lipinski definition) is 2. The minimum absolute atomic E-state index is 0.431. The molecule has 8 heteroatoms. The van der Waals surface area contributed by atoms with E-state index in [2.05, 4.69) is 28.9 Å². The van der Waals surface area contributed by atoms with Crippen molar-refractivity contribution >= 4 is 10.2 Å². The van der Waals surface area contributed by atoms with Gasteiger partial charge in [0.15, 0.2) is 0 Å². The molecule has 0 aromatic rings. The Hall–Kier alpha value is -0.250. The van der Waals surface area contributed by atoms with E-state index < -0.39 is 10.2 Å². The van der Waals surface area contributed by atoms with Crippen LogP contribution in [0, 0.1) is 0 Å². The molecular formula is C12H29N5O2S. The monoisotopic (exact) mass is 307 g/mol. The Morgan fingerprint density at radius 1 is 1.20 bits per heavy atom. The van der Waals surface area contributed by atoms with E-state index in [1.165, 1.54) is 4.31 Å². The average Bonchev–Trinajstić information content (AvgIpc) is 2.36. The SMILES string of the molecule is CC(C)NCCCN(C)S(=O)(=O)NN1CCN(C)CC1. The van der Waals surface area contributed by atoms with Gasteiger partial charge in [-0.3, -0.25) is 0 Å². The number of hydrogen-bond acceptors (Lipinski definition) is 5. The Balaban J connectivity index is 2.31. The van der Waals surface area contributed by atoms with Crippen molar-refractivity contribution in [2.75, 3.05) is 53.4 Å². The fourth-order valence-electron chi connectivity index (χ4n) is 1.94. The molecule has 20 heavy (non-hydrogen) atoms. The second-order valence-corrected chi connectivity index (χ2v) is 7.43. The quantitative estimate of drug-likeness (QED) is 0.581. The van der Waals surface area contributed by atoms with Crippen LogP contribution >= 0.6 is 0 Å². The van der Waals surface area contributed by atoms with Crippen molar-refractivity contribution in [3.8, 4) is 0 Å². The molecule has 0 saturated carbocycles. The Kier molecular flexibility index (Phi) is 7.35. The summed E-state index contributed by atoms with van der Waals surface area (Å²) in [5.74, 6) is 0. The average molecular weight is 307 g/mol. The van der Waals surface area contributed by atoms with Crippen LogP contribution in [0.15, 0.2) is 0 Å². The smallest absolute Gasteiger partial charge is 0.292 e. The largest absolute Gasteiger partial charge is 0.314 e. The number of likely N-dealkylation sites (N-methyl/N-ethyl adjacent to an activating group) is 1. The summed E-state index contributed by atoms with van der Waals surface area (Å²) in [7, 11) is 0.245. The summed E-state index contributed by atoms with van der Waals surface area (Å²) in [5.41, 5.74) is 0. The fourth-order valence-corrected chi connectivity index (χ4v) is 2.96. The highest BCUT2D eigenvalue weighted by Gasteiger charge is 2.22. The Morgan fingerprint density at radius 3 is 2.35 bits per heavy atom. The van der Waals surface area contributed by atoms with Gasteiger partial charge in [0.05, 0.1) is 0 Å². The fraction of sp³-hybridized carbons (Fsp3) is 1.00. The lowest BCUT2D eigenvalue weighted by Crippen LogP contribution is -2.55. The van der Waals surface area contributed by atoms with Crippen molar-refractivity contribution in [2.45, 2.75) is 26.3 Å². The first-order valence-corrected chi connectivity index (χ1v) is 8.66. The molecule has 0 unspecified atom stereocenters. The van der Waals surface area contributed by atoms with Gasteiger partial charge in [0.1, 0.15) is 0 Å². The van der Waals surface area contributed by atoms with E-state index in [0.717, 1.165) is 39.1 Å². The minimum Gasteiger partial charge on any atom is -0.314 e. The Morgan fingerprint density at radius 2 is 1.80 bits per heavy atom. The van der Waals surface area contributed by atoms with E-state index in [9.17, 15) is 8.42 Å². The standard InChI is InChI=1S/C12H29N5O2S/c1-12(2)13-6-5-7-16(4)20(18,19)14-17-10-8-15(3)9-11-17/h12-14H,5-11H2,1-4H3. The molecule has 1 fully saturated rings. The lowest BCUT2D eigenvalue weighted by molar-refractivity contribution is 0.132. The van der Waals surface area contributed by atoms with Gasteiger partial charge in [0.2, 0.25) is 0 Å². The van der Waals surface area contributed by atoms with Crippen LogP contribution < -0.4 is 10.1 Å². The zero-order chi connectivity index (χ0) is 15.2. The van der Waals surface area contributed by atoms with Gasteiger partial charge in [-0.2, -0.15) is 12.7 Å². The van der Waals surface area contributed by atoms with Crippen molar-refractivity contribution in [3.05, 3.63) is 0 Å². The van der Waals surface area contributed by atoms with Gasteiger partial charge in [-0.05, 0) is 20.0 Å². The van der Waals surface area contributed by atoms with Gasteiger partial charge in [-0.25, -0.2) is 5.01 Å². The molecule has 0 aliphatic carbocycles. The molecule has 0 aromatic carbocycles. The first-order chi connectivity index (χ1) is 9.31. The number of nitrogens with one attached hydrogen (secondary N) is 2. The van der Waals surface area contributed by atoms with Crippen LogP contribution in [0.5, 0.6) is 0 Å². The maximum atomic E-state index is 12.1. The van der Waals surface area contributed by atoms with Crippen LogP contribution in [0.4, 0.5) is 0 Å². The van der Waals surface area contributed by atoms with Gasteiger partial charge in [0.25, 0.3) is 10.2 Å². The normalized spacial score (nSPS) is 19.1. The Bertz CT molecular complexity index is 366. The molecule has 120 valence electrons. The highest BCUT2D eigenvalue weighted by molar-refractivity contribution is 7.87. The zero-order valence-electron chi connectivity index (χ0n) is 13.1. The van der Waals surface area contributed by atoms with Gasteiger partial charge < -0.3 is 10.2 Å². The molecule has 0 aromatic heterocycles. The molecule has 7 nitrogen and oxygen atoms in total. The third kappa shape index (κ3) is 6.47. The summed E-state index contributed by atoms with van der Waals surface area (Å²) in [5, 5.41) is 5.06. The van der Waals surface area contributed by atoms with Crippen LogP contribution in [-0.4, -0.2) is 82.0 Å². The molecule has 1 aliphatic heterocycles. The van der Waals surface area contributed by atoms with E-state index in [1.54, 1.807) is 12.1 Å². The topological polar surface area (TPSA) is 67.9 Å². The van der Waals surface area contributed by atoms with Crippen molar-refractivity contribution in [2.24, 2.45) is 0 Å².